The smallest absolute Gasteiger partial charge is 0.341 e. The van der Waals surface area contributed by atoms with Crippen LogP contribution in [0.1, 0.15) is 32.6 Å². The second kappa shape index (κ2) is 11.5. The van der Waals surface area contributed by atoms with Gasteiger partial charge in [-0.25, -0.2) is 4.79 Å². The number of rotatable bonds is 9. The van der Waals surface area contributed by atoms with Gasteiger partial charge >= 0.3 is 5.97 Å². The minimum Gasteiger partial charge on any atom is -0.503 e. The van der Waals surface area contributed by atoms with Crippen LogP contribution in [0.25, 0.3) is 11.6 Å². The Bertz CT molecular complexity index is 1160. The zero-order valence-corrected chi connectivity index (χ0v) is 18.9. The van der Waals surface area contributed by atoms with Crippen LogP contribution in [-0.2, 0) is 20.9 Å². The summed E-state index contributed by atoms with van der Waals surface area (Å²) in [5.74, 6) is 0.0324. The van der Waals surface area contributed by atoms with E-state index in [1.54, 1.807) is 36.4 Å². The molecule has 0 saturated carbocycles. The molecule has 0 atom stereocenters. The van der Waals surface area contributed by atoms with Crippen LogP contribution in [0.3, 0.4) is 0 Å². The molecule has 168 valence electrons. The van der Waals surface area contributed by atoms with Gasteiger partial charge in [0.1, 0.15) is 17.9 Å². The molecule has 0 fully saturated rings. The van der Waals surface area contributed by atoms with Gasteiger partial charge in [-0.15, -0.1) is 0 Å². The first-order valence-electron chi connectivity index (χ1n) is 10.4. The molecule has 0 N–H and O–H groups in total. The molecule has 0 unspecified atom stereocenters. The molecule has 0 bridgehead atoms. The fourth-order valence-corrected chi connectivity index (χ4v) is 3.18. The van der Waals surface area contributed by atoms with Crippen LogP contribution in [0.5, 0.6) is 5.75 Å². The summed E-state index contributed by atoms with van der Waals surface area (Å²) < 4.78 is 15.8. The molecule has 0 aromatic heterocycles. The van der Waals surface area contributed by atoms with Gasteiger partial charge in [-0.3, -0.25) is 4.79 Å². The second-order valence-corrected chi connectivity index (χ2v) is 7.34. The molecule has 3 aromatic carbocycles. The fourth-order valence-electron chi connectivity index (χ4n) is 3.18. The van der Waals surface area contributed by atoms with Crippen molar-refractivity contribution in [2.24, 2.45) is 0 Å². The Morgan fingerprint density at radius 3 is 2.24 bits per heavy atom. The topological polar surface area (TPSA) is 61.8 Å². The zero-order chi connectivity index (χ0) is 23.6. The van der Waals surface area contributed by atoms with Crippen LogP contribution >= 0.6 is 0 Å². The number of hydrogen-bond donors (Lipinski definition) is 0. The van der Waals surface area contributed by atoms with Crippen molar-refractivity contribution in [2.45, 2.75) is 13.5 Å². The molecule has 5 nitrogen and oxygen atoms in total. The highest BCUT2D eigenvalue weighted by molar-refractivity contribution is 6.16. The largest absolute Gasteiger partial charge is 0.503 e. The zero-order valence-electron chi connectivity index (χ0n) is 18.9. The second-order valence-electron chi connectivity index (χ2n) is 7.34. The molecule has 33 heavy (non-hydrogen) atoms. The Morgan fingerprint density at radius 2 is 1.58 bits per heavy atom. The normalized spacial score (nSPS) is 11.3. The number of carbonyl (C=O) groups excluding carboxylic acids is 2. The van der Waals surface area contributed by atoms with Gasteiger partial charge in [-0.05, 0) is 54.0 Å². The van der Waals surface area contributed by atoms with E-state index in [4.69, 9.17) is 14.2 Å². The maximum absolute atomic E-state index is 12.5. The molecular weight excluding hydrogens is 416 g/mol. The van der Waals surface area contributed by atoms with E-state index in [-0.39, 0.29) is 12.4 Å². The molecule has 5 heteroatoms. The Balaban J connectivity index is 1.68. The van der Waals surface area contributed by atoms with Crippen molar-refractivity contribution in [1.29, 1.82) is 0 Å². The van der Waals surface area contributed by atoms with Gasteiger partial charge < -0.3 is 14.2 Å². The first kappa shape index (κ1) is 23.5. The standard InChI is InChI=1S/C28H26O5/c1-20-8-10-21(11-9-20)12-17-27(29)22-13-15-24(16-14-22)33-18-23-6-4-5-7-25(23)26(19-31-2)28(30)32-3/h4-17,19H,18H2,1-3H3/b17-12+,26-19+. The number of hydrogen-bond acceptors (Lipinski definition) is 5. The van der Waals surface area contributed by atoms with E-state index in [1.165, 1.54) is 26.0 Å². The predicted molar refractivity (Wildman–Crippen MR) is 129 cm³/mol. The number of methoxy groups -OCH3 is 2. The van der Waals surface area contributed by atoms with Crippen molar-refractivity contribution >= 4 is 23.4 Å². The van der Waals surface area contributed by atoms with Gasteiger partial charge in [0.15, 0.2) is 5.78 Å². The Hall–Kier alpha value is -4.12. The molecule has 0 aliphatic carbocycles. The van der Waals surface area contributed by atoms with Gasteiger partial charge in [0.05, 0.1) is 20.5 Å². The average Bonchev–Trinajstić information content (AvgIpc) is 2.85. The number of esters is 1. The van der Waals surface area contributed by atoms with Gasteiger partial charge in [0.25, 0.3) is 0 Å². The summed E-state index contributed by atoms with van der Waals surface area (Å²) in [6, 6.07) is 22.3. The van der Waals surface area contributed by atoms with E-state index in [1.807, 2.05) is 55.5 Å². The Labute approximate surface area is 193 Å². The summed E-state index contributed by atoms with van der Waals surface area (Å²) in [7, 11) is 2.80. The fraction of sp³-hybridized carbons (Fsp3) is 0.143. The van der Waals surface area contributed by atoms with Crippen LogP contribution < -0.4 is 4.74 Å². The van der Waals surface area contributed by atoms with Gasteiger partial charge in [0.2, 0.25) is 0 Å². The van der Waals surface area contributed by atoms with Crippen LogP contribution in [-0.4, -0.2) is 26.0 Å². The third-order valence-corrected chi connectivity index (χ3v) is 4.99. The molecule has 0 aliphatic heterocycles. The number of ketones is 1. The highest BCUT2D eigenvalue weighted by atomic mass is 16.5. The summed E-state index contributed by atoms with van der Waals surface area (Å²) in [4.78, 5) is 24.6. The van der Waals surface area contributed by atoms with Crippen molar-refractivity contribution in [1.82, 2.24) is 0 Å². The molecule has 0 radical (unpaired) electrons. The van der Waals surface area contributed by atoms with E-state index < -0.39 is 5.97 Å². The molecule has 0 spiro atoms. The quantitative estimate of drug-likeness (QED) is 0.186. The summed E-state index contributed by atoms with van der Waals surface area (Å²) in [6.07, 6.45) is 4.72. The first-order valence-corrected chi connectivity index (χ1v) is 10.4. The molecule has 0 aliphatic rings. The SMILES string of the molecule is CO/C=C(/C(=O)OC)c1ccccc1COc1ccc(C(=O)/C=C/c2ccc(C)cc2)cc1. The van der Waals surface area contributed by atoms with Crippen molar-refractivity contribution in [3.8, 4) is 5.75 Å². The number of aryl methyl sites for hydroxylation is 1. The van der Waals surface area contributed by atoms with Crippen LogP contribution in [0.4, 0.5) is 0 Å². The lowest BCUT2D eigenvalue weighted by Gasteiger charge is -2.13. The van der Waals surface area contributed by atoms with Gasteiger partial charge in [-0.2, -0.15) is 0 Å². The minimum absolute atomic E-state index is 0.0834. The third kappa shape index (κ3) is 6.43. The first-order chi connectivity index (χ1) is 16.0. The molecule has 0 heterocycles. The molecular formula is C28H26O5. The van der Waals surface area contributed by atoms with Crippen molar-refractivity contribution < 1.29 is 23.8 Å². The summed E-state index contributed by atoms with van der Waals surface area (Å²) in [5, 5.41) is 0. The van der Waals surface area contributed by atoms with Crippen molar-refractivity contribution in [2.75, 3.05) is 14.2 Å². The minimum atomic E-state index is -0.495. The number of carbonyl (C=O) groups is 2. The number of ether oxygens (including phenoxy) is 3. The van der Waals surface area contributed by atoms with Crippen LogP contribution in [0.15, 0.2) is 85.1 Å². The predicted octanol–water partition coefficient (Wildman–Crippen LogP) is 5.63. The Kier molecular flexibility index (Phi) is 8.19. The van der Waals surface area contributed by atoms with Crippen LogP contribution in [0, 0.1) is 6.92 Å². The summed E-state index contributed by atoms with van der Waals surface area (Å²) in [5.41, 5.74) is 4.49. The molecule has 3 rings (SSSR count). The lowest BCUT2D eigenvalue weighted by Crippen LogP contribution is -2.08. The lowest BCUT2D eigenvalue weighted by atomic mass is 10.0. The van der Waals surface area contributed by atoms with E-state index >= 15 is 0 Å². The molecule has 0 saturated heterocycles. The molecule has 0 amide bonds. The average molecular weight is 443 g/mol. The van der Waals surface area contributed by atoms with Crippen molar-refractivity contribution in [3.05, 3.63) is 113 Å². The Morgan fingerprint density at radius 1 is 0.879 bits per heavy atom. The monoisotopic (exact) mass is 442 g/mol. The van der Waals surface area contributed by atoms with E-state index in [0.29, 0.717) is 22.4 Å². The lowest BCUT2D eigenvalue weighted by molar-refractivity contribution is -0.133. The number of benzene rings is 3. The summed E-state index contributed by atoms with van der Waals surface area (Å²) in [6.45, 7) is 2.25. The van der Waals surface area contributed by atoms with Crippen molar-refractivity contribution in [3.63, 3.8) is 0 Å². The highest BCUT2D eigenvalue weighted by Crippen LogP contribution is 2.23. The van der Waals surface area contributed by atoms with E-state index in [2.05, 4.69) is 0 Å². The van der Waals surface area contributed by atoms with E-state index in [0.717, 1.165) is 11.1 Å². The number of allylic oxidation sites excluding steroid dienone is 1. The maximum Gasteiger partial charge on any atom is 0.341 e. The van der Waals surface area contributed by atoms with E-state index in [9.17, 15) is 9.59 Å². The highest BCUT2D eigenvalue weighted by Gasteiger charge is 2.17. The summed E-state index contributed by atoms with van der Waals surface area (Å²) >= 11 is 0. The van der Waals surface area contributed by atoms with Gasteiger partial charge in [0, 0.05) is 5.56 Å². The maximum atomic E-state index is 12.5. The molecule has 3 aromatic rings. The third-order valence-electron chi connectivity index (χ3n) is 4.99. The van der Waals surface area contributed by atoms with Crippen LogP contribution in [0.2, 0.25) is 0 Å². The van der Waals surface area contributed by atoms with Gasteiger partial charge in [-0.1, -0.05) is 60.2 Å².